The Hall–Kier alpha value is -1.35. The van der Waals surface area contributed by atoms with Crippen LogP contribution in [0.3, 0.4) is 0 Å². The third-order valence-electron chi connectivity index (χ3n) is 5.27. The Morgan fingerprint density at radius 2 is 1.86 bits per heavy atom. The first kappa shape index (κ1) is 25.7. The van der Waals surface area contributed by atoms with Crippen LogP contribution in [0.2, 0.25) is 0 Å². The minimum absolute atomic E-state index is 0. The fourth-order valence-corrected chi connectivity index (χ4v) is 3.50. The predicted octanol–water partition coefficient (Wildman–Crippen LogP) is 3.08. The number of amides is 1. The number of hydrogen-bond acceptors (Lipinski definition) is 3. The molecule has 1 aliphatic heterocycles. The molecule has 1 aromatic rings. The molecule has 0 spiro atoms. The van der Waals surface area contributed by atoms with E-state index in [0.717, 1.165) is 44.0 Å². The largest absolute Gasteiger partial charge is 0.357 e. The van der Waals surface area contributed by atoms with Gasteiger partial charge in [0.05, 0.1) is 0 Å². The highest BCUT2D eigenvalue weighted by atomic mass is 127. The third-order valence-corrected chi connectivity index (χ3v) is 5.27. The summed E-state index contributed by atoms with van der Waals surface area (Å²) in [6.45, 7) is 13.0. The molecule has 7 heteroatoms. The van der Waals surface area contributed by atoms with Crippen LogP contribution >= 0.6 is 24.0 Å². The van der Waals surface area contributed by atoms with Crippen molar-refractivity contribution in [3.8, 4) is 0 Å². The van der Waals surface area contributed by atoms with Crippen LogP contribution in [-0.2, 0) is 11.3 Å². The van der Waals surface area contributed by atoms with Gasteiger partial charge in [0.2, 0.25) is 5.91 Å². The summed E-state index contributed by atoms with van der Waals surface area (Å²) >= 11 is 0. The zero-order valence-electron chi connectivity index (χ0n) is 18.4. The zero-order valence-corrected chi connectivity index (χ0v) is 20.7. The summed E-state index contributed by atoms with van der Waals surface area (Å²) in [6, 6.07) is 11.1. The van der Waals surface area contributed by atoms with Crippen LogP contribution in [0.15, 0.2) is 35.3 Å². The second-order valence-electron chi connectivity index (χ2n) is 7.64. The van der Waals surface area contributed by atoms with Crippen molar-refractivity contribution in [1.29, 1.82) is 0 Å². The van der Waals surface area contributed by atoms with Crippen LogP contribution in [0.5, 0.6) is 0 Å². The molecule has 0 unspecified atom stereocenters. The Bertz CT molecular complexity index is 615. The van der Waals surface area contributed by atoms with Gasteiger partial charge in [-0.2, -0.15) is 0 Å². The summed E-state index contributed by atoms with van der Waals surface area (Å²) < 4.78 is 0. The average molecular weight is 515 g/mol. The van der Waals surface area contributed by atoms with E-state index in [2.05, 4.69) is 34.4 Å². The quantitative estimate of drug-likeness (QED) is 0.318. The van der Waals surface area contributed by atoms with E-state index in [1.807, 2.05) is 49.1 Å². The SMILES string of the molecule is CCNC(=NCC(=O)N(CC)Cc1ccccc1)NC1CCN(C(C)C)CC1.I. The standard InChI is InChI=1S/C22H37N5O.HI/c1-5-23-22(25-20-12-14-27(15-13-20)18(3)4)24-16-21(28)26(6-2)17-19-10-8-7-9-11-19;/h7-11,18,20H,5-6,12-17H2,1-4H3,(H2,23,24,25);1H. The van der Waals surface area contributed by atoms with Crippen molar-refractivity contribution in [1.82, 2.24) is 20.4 Å². The molecule has 1 saturated heterocycles. The molecule has 1 heterocycles. The van der Waals surface area contributed by atoms with Gasteiger partial charge in [-0.05, 0) is 46.1 Å². The fourth-order valence-electron chi connectivity index (χ4n) is 3.50. The molecule has 0 atom stereocenters. The van der Waals surface area contributed by atoms with Gasteiger partial charge in [0, 0.05) is 44.8 Å². The predicted molar refractivity (Wildman–Crippen MR) is 132 cm³/mol. The third kappa shape index (κ3) is 8.90. The average Bonchev–Trinajstić information content (AvgIpc) is 2.71. The lowest BCUT2D eigenvalue weighted by molar-refractivity contribution is -0.130. The van der Waals surface area contributed by atoms with Crippen molar-refractivity contribution in [3.05, 3.63) is 35.9 Å². The van der Waals surface area contributed by atoms with Crippen molar-refractivity contribution in [3.63, 3.8) is 0 Å². The molecule has 1 amide bonds. The summed E-state index contributed by atoms with van der Waals surface area (Å²) in [5.41, 5.74) is 1.14. The summed E-state index contributed by atoms with van der Waals surface area (Å²) in [7, 11) is 0. The Labute approximate surface area is 193 Å². The van der Waals surface area contributed by atoms with Crippen molar-refractivity contribution in [2.75, 3.05) is 32.7 Å². The number of benzene rings is 1. The normalized spacial score (nSPS) is 15.7. The van der Waals surface area contributed by atoms with Gasteiger partial charge in [-0.25, -0.2) is 4.99 Å². The number of halogens is 1. The van der Waals surface area contributed by atoms with E-state index in [4.69, 9.17) is 0 Å². The lowest BCUT2D eigenvalue weighted by Crippen LogP contribution is -2.50. The molecule has 1 aliphatic rings. The molecule has 2 N–H and O–H groups in total. The summed E-state index contributed by atoms with van der Waals surface area (Å²) in [5, 5.41) is 6.80. The van der Waals surface area contributed by atoms with Crippen molar-refractivity contribution in [2.45, 2.75) is 59.2 Å². The van der Waals surface area contributed by atoms with Gasteiger partial charge >= 0.3 is 0 Å². The molecule has 1 fully saturated rings. The number of guanidine groups is 1. The van der Waals surface area contributed by atoms with E-state index in [1.54, 1.807) is 0 Å². The Kier molecular flexibility index (Phi) is 12.2. The van der Waals surface area contributed by atoms with Gasteiger partial charge in [-0.15, -0.1) is 24.0 Å². The zero-order chi connectivity index (χ0) is 20.4. The number of hydrogen-bond donors (Lipinski definition) is 2. The molecule has 0 bridgehead atoms. The lowest BCUT2D eigenvalue weighted by Gasteiger charge is -2.35. The molecule has 164 valence electrons. The minimum Gasteiger partial charge on any atom is -0.357 e. The number of rotatable bonds is 8. The van der Waals surface area contributed by atoms with Gasteiger partial charge in [0.25, 0.3) is 0 Å². The van der Waals surface area contributed by atoms with E-state index in [1.165, 1.54) is 0 Å². The van der Waals surface area contributed by atoms with E-state index in [0.29, 0.717) is 25.2 Å². The van der Waals surface area contributed by atoms with E-state index >= 15 is 0 Å². The number of carbonyl (C=O) groups excluding carboxylic acids is 1. The van der Waals surface area contributed by atoms with Gasteiger partial charge in [0.15, 0.2) is 5.96 Å². The van der Waals surface area contributed by atoms with Crippen LogP contribution < -0.4 is 10.6 Å². The fraction of sp³-hybridized carbons (Fsp3) is 0.636. The molecular formula is C22H38IN5O. The Balaban J connectivity index is 0.00000420. The van der Waals surface area contributed by atoms with Crippen LogP contribution in [0, 0.1) is 0 Å². The molecule has 1 aromatic carbocycles. The molecule has 29 heavy (non-hydrogen) atoms. The number of likely N-dealkylation sites (N-methyl/N-ethyl adjacent to an activating group) is 1. The molecule has 6 nitrogen and oxygen atoms in total. The van der Waals surface area contributed by atoms with E-state index in [9.17, 15) is 4.79 Å². The lowest BCUT2D eigenvalue weighted by atomic mass is 10.0. The number of carbonyl (C=O) groups is 1. The second-order valence-corrected chi connectivity index (χ2v) is 7.64. The molecule has 0 aliphatic carbocycles. The molecule has 0 aromatic heterocycles. The van der Waals surface area contributed by atoms with Gasteiger partial charge < -0.3 is 20.4 Å². The molecule has 0 radical (unpaired) electrons. The molecule has 2 rings (SSSR count). The highest BCUT2D eigenvalue weighted by Gasteiger charge is 2.21. The summed E-state index contributed by atoms with van der Waals surface area (Å²) in [6.07, 6.45) is 2.21. The maximum Gasteiger partial charge on any atom is 0.244 e. The number of piperidine rings is 1. The number of nitrogens with one attached hydrogen (secondary N) is 2. The first-order valence-corrected chi connectivity index (χ1v) is 10.6. The van der Waals surface area contributed by atoms with Gasteiger partial charge in [-0.1, -0.05) is 30.3 Å². The smallest absolute Gasteiger partial charge is 0.244 e. The first-order valence-electron chi connectivity index (χ1n) is 10.6. The van der Waals surface area contributed by atoms with Crippen LogP contribution in [0.25, 0.3) is 0 Å². The Morgan fingerprint density at radius 3 is 2.41 bits per heavy atom. The maximum atomic E-state index is 12.7. The van der Waals surface area contributed by atoms with Gasteiger partial charge in [-0.3, -0.25) is 4.79 Å². The van der Waals surface area contributed by atoms with Crippen LogP contribution in [-0.4, -0.2) is 66.5 Å². The molecular weight excluding hydrogens is 477 g/mol. The topological polar surface area (TPSA) is 60.0 Å². The Morgan fingerprint density at radius 1 is 1.21 bits per heavy atom. The van der Waals surface area contributed by atoms with Gasteiger partial charge in [0.1, 0.15) is 6.54 Å². The maximum absolute atomic E-state index is 12.7. The second kappa shape index (κ2) is 13.8. The van der Waals surface area contributed by atoms with E-state index < -0.39 is 0 Å². The monoisotopic (exact) mass is 515 g/mol. The van der Waals surface area contributed by atoms with E-state index in [-0.39, 0.29) is 36.4 Å². The minimum atomic E-state index is 0. The number of aliphatic imine (C=N–C) groups is 1. The number of nitrogens with zero attached hydrogens (tertiary/aromatic N) is 3. The summed E-state index contributed by atoms with van der Waals surface area (Å²) in [4.78, 5) is 21.6. The summed E-state index contributed by atoms with van der Waals surface area (Å²) in [5.74, 6) is 0.799. The van der Waals surface area contributed by atoms with Crippen LogP contribution in [0.4, 0.5) is 0 Å². The first-order chi connectivity index (χ1) is 13.5. The highest BCUT2D eigenvalue weighted by Crippen LogP contribution is 2.12. The molecule has 0 saturated carbocycles. The highest BCUT2D eigenvalue weighted by molar-refractivity contribution is 14.0. The van der Waals surface area contributed by atoms with Crippen LogP contribution in [0.1, 0.15) is 46.1 Å². The van der Waals surface area contributed by atoms with Crippen molar-refractivity contribution < 1.29 is 4.79 Å². The van der Waals surface area contributed by atoms with Crippen molar-refractivity contribution in [2.24, 2.45) is 4.99 Å². The van der Waals surface area contributed by atoms with Crippen molar-refractivity contribution >= 4 is 35.8 Å². The number of likely N-dealkylation sites (tertiary alicyclic amines) is 1.